The standard InChI is InChI=1S/C26H34N6O4/c27-10-16-4-5-18(24(8-16)36-21-2-1-3-21)15-35-26(34)32-13-19-11-31(12-20(19)14-32)25(33)17-6-7-22-23(9-17)29-30-28-22/h4-5,8,17,19-23,28-30H,1-3,6-7,9,11-15H2/t17?,19-,20-,22?,23?/m0/s1. The maximum atomic E-state index is 13.2. The third-order valence-electron chi connectivity index (χ3n) is 8.66. The molecule has 3 unspecified atom stereocenters. The van der Waals surface area contributed by atoms with Crippen molar-refractivity contribution >= 4 is 12.0 Å². The van der Waals surface area contributed by atoms with E-state index in [1.165, 1.54) is 0 Å². The maximum Gasteiger partial charge on any atom is 0.410 e. The number of benzene rings is 1. The Labute approximate surface area is 211 Å². The van der Waals surface area contributed by atoms with E-state index < -0.39 is 0 Å². The highest BCUT2D eigenvalue weighted by atomic mass is 16.6. The van der Waals surface area contributed by atoms with E-state index in [-0.39, 0.29) is 30.6 Å². The second-order valence-electron chi connectivity index (χ2n) is 11.0. The fourth-order valence-corrected chi connectivity index (χ4v) is 6.29. The largest absolute Gasteiger partial charge is 0.490 e. The molecule has 0 bridgehead atoms. The SMILES string of the molecule is N#Cc1ccc(COC(=O)N2C[C@@H]3CN(C(=O)C4CCC5NNNC5C4)C[C@H]3C2)c(OC2CCC2)c1. The Morgan fingerprint density at radius 1 is 1.00 bits per heavy atom. The van der Waals surface area contributed by atoms with Crippen molar-refractivity contribution < 1.29 is 19.1 Å². The summed E-state index contributed by atoms with van der Waals surface area (Å²) in [6, 6.07) is 8.11. The van der Waals surface area contributed by atoms with Crippen LogP contribution >= 0.6 is 0 Å². The fourth-order valence-electron chi connectivity index (χ4n) is 6.29. The molecular weight excluding hydrogens is 460 g/mol. The molecule has 0 aromatic heterocycles. The minimum absolute atomic E-state index is 0.0733. The first kappa shape index (κ1) is 23.5. The van der Waals surface area contributed by atoms with Crippen LogP contribution in [-0.4, -0.2) is 66.2 Å². The zero-order valence-corrected chi connectivity index (χ0v) is 20.4. The van der Waals surface area contributed by atoms with E-state index in [4.69, 9.17) is 9.47 Å². The molecule has 1 aromatic carbocycles. The van der Waals surface area contributed by atoms with Gasteiger partial charge in [-0.2, -0.15) is 10.8 Å². The number of carbonyl (C=O) groups is 2. The van der Waals surface area contributed by atoms with E-state index in [1.807, 2.05) is 11.0 Å². The Morgan fingerprint density at radius 3 is 2.47 bits per heavy atom. The molecule has 2 amide bonds. The van der Waals surface area contributed by atoms with Crippen molar-refractivity contribution in [2.24, 2.45) is 17.8 Å². The summed E-state index contributed by atoms with van der Waals surface area (Å²) >= 11 is 0. The highest BCUT2D eigenvalue weighted by Crippen LogP contribution is 2.35. The van der Waals surface area contributed by atoms with Crippen LogP contribution in [0.1, 0.15) is 49.7 Å². The predicted octanol–water partition coefficient (Wildman–Crippen LogP) is 1.67. The second-order valence-corrected chi connectivity index (χ2v) is 11.0. The van der Waals surface area contributed by atoms with Gasteiger partial charge in [-0.15, -0.1) is 0 Å². The molecule has 10 nitrogen and oxygen atoms in total. The number of likely N-dealkylation sites (tertiary alicyclic amines) is 2. The maximum absolute atomic E-state index is 13.2. The van der Waals surface area contributed by atoms with Crippen LogP contribution in [0.25, 0.3) is 0 Å². The minimum Gasteiger partial charge on any atom is -0.490 e. The van der Waals surface area contributed by atoms with E-state index in [9.17, 15) is 14.9 Å². The average Bonchev–Trinajstić information content (AvgIpc) is 3.59. The van der Waals surface area contributed by atoms with E-state index in [2.05, 4.69) is 22.5 Å². The van der Waals surface area contributed by atoms with Crippen molar-refractivity contribution in [2.45, 2.75) is 63.3 Å². The number of nitrogens with zero attached hydrogens (tertiary/aromatic N) is 3. The second kappa shape index (κ2) is 9.88. The van der Waals surface area contributed by atoms with Crippen LogP contribution in [0.2, 0.25) is 0 Å². The molecule has 0 spiro atoms. The Morgan fingerprint density at radius 2 is 1.75 bits per heavy atom. The number of hydrazine groups is 2. The fraction of sp³-hybridized carbons (Fsp3) is 0.654. The van der Waals surface area contributed by atoms with Crippen LogP contribution in [0, 0.1) is 29.1 Å². The zero-order chi connectivity index (χ0) is 24.6. The molecule has 2 saturated carbocycles. The Kier molecular flexibility index (Phi) is 6.46. The molecular formula is C26H34N6O4. The summed E-state index contributed by atoms with van der Waals surface area (Å²) < 4.78 is 11.7. The lowest BCUT2D eigenvalue weighted by atomic mass is 9.82. The van der Waals surface area contributed by atoms with Gasteiger partial charge in [0.1, 0.15) is 12.4 Å². The molecule has 3 heterocycles. The van der Waals surface area contributed by atoms with Gasteiger partial charge in [-0.05, 0) is 50.7 Å². The van der Waals surface area contributed by atoms with Crippen LogP contribution in [0.5, 0.6) is 5.75 Å². The minimum atomic E-state index is -0.327. The quantitative estimate of drug-likeness (QED) is 0.566. The van der Waals surface area contributed by atoms with Crippen LogP contribution in [0.3, 0.4) is 0 Å². The van der Waals surface area contributed by atoms with Gasteiger partial charge in [0.25, 0.3) is 0 Å². The molecule has 3 aliphatic heterocycles. The van der Waals surface area contributed by atoms with E-state index in [0.717, 1.165) is 57.2 Å². The first-order valence-corrected chi connectivity index (χ1v) is 13.2. The van der Waals surface area contributed by atoms with E-state index in [0.29, 0.717) is 48.3 Å². The third-order valence-corrected chi connectivity index (χ3v) is 8.66. The van der Waals surface area contributed by atoms with Gasteiger partial charge in [-0.3, -0.25) is 4.79 Å². The number of amides is 2. The van der Waals surface area contributed by atoms with Crippen molar-refractivity contribution in [3.63, 3.8) is 0 Å². The van der Waals surface area contributed by atoms with Crippen molar-refractivity contribution in [3.8, 4) is 11.8 Å². The molecule has 0 radical (unpaired) electrons. The Balaban J connectivity index is 0.998. The van der Waals surface area contributed by atoms with Gasteiger partial charge < -0.3 is 19.3 Å². The van der Waals surface area contributed by atoms with Crippen LogP contribution in [-0.2, 0) is 16.1 Å². The molecule has 5 aliphatic rings. The van der Waals surface area contributed by atoms with Gasteiger partial charge in [0, 0.05) is 61.6 Å². The number of carbonyl (C=O) groups excluding carboxylic acids is 2. The number of fused-ring (bicyclic) bond motifs is 2. The molecule has 192 valence electrons. The molecule has 5 fully saturated rings. The number of ether oxygens (including phenoxy) is 2. The van der Waals surface area contributed by atoms with Crippen LogP contribution < -0.4 is 21.1 Å². The highest BCUT2D eigenvalue weighted by Gasteiger charge is 2.46. The van der Waals surface area contributed by atoms with Gasteiger partial charge in [0.15, 0.2) is 0 Å². The van der Waals surface area contributed by atoms with Gasteiger partial charge >= 0.3 is 6.09 Å². The van der Waals surface area contributed by atoms with Crippen molar-refractivity contribution in [2.75, 3.05) is 26.2 Å². The summed E-state index contributed by atoms with van der Waals surface area (Å²) in [7, 11) is 0. The van der Waals surface area contributed by atoms with E-state index >= 15 is 0 Å². The normalized spacial score (nSPS) is 31.4. The average molecular weight is 495 g/mol. The summed E-state index contributed by atoms with van der Waals surface area (Å²) in [4.78, 5) is 29.9. The number of hydrogen-bond donors (Lipinski definition) is 3. The molecule has 3 saturated heterocycles. The Bertz CT molecular complexity index is 1040. The summed E-state index contributed by atoms with van der Waals surface area (Å²) in [6.07, 6.45) is 5.80. The number of nitriles is 1. The smallest absolute Gasteiger partial charge is 0.410 e. The van der Waals surface area contributed by atoms with Gasteiger partial charge in [-0.1, -0.05) is 6.07 Å². The van der Waals surface area contributed by atoms with Crippen molar-refractivity contribution in [1.29, 1.82) is 5.26 Å². The zero-order valence-electron chi connectivity index (χ0n) is 20.4. The lowest BCUT2D eigenvalue weighted by molar-refractivity contribution is -0.136. The number of nitrogens with one attached hydrogen (secondary N) is 3. The van der Waals surface area contributed by atoms with Crippen LogP contribution in [0.15, 0.2) is 18.2 Å². The first-order chi connectivity index (χ1) is 17.6. The predicted molar refractivity (Wildman–Crippen MR) is 129 cm³/mol. The molecule has 2 aliphatic carbocycles. The van der Waals surface area contributed by atoms with Gasteiger partial charge in [0.05, 0.1) is 17.7 Å². The Hall–Kier alpha value is -2.87. The highest BCUT2D eigenvalue weighted by molar-refractivity contribution is 5.79. The van der Waals surface area contributed by atoms with Crippen LogP contribution in [0.4, 0.5) is 4.79 Å². The lowest BCUT2D eigenvalue weighted by Gasteiger charge is -2.32. The van der Waals surface area contributed by atoms with Gasteiger partial charge in [-0.25, -0.2) is 15.6 Å². The number of rotatable bonds is 5. The molecule has 5 atom stereocenters. The molecule has 10 heteroatoms. The molecule has 6 rings (SSSR count). The summed E-state index contributed by atoms with van der Waals surface area (Å²) in [5.41, 5.74) is 10.8. The lowest BCUT2D eigenvalue weighted by Crippen LogP contribution is -2.45. The third kappa shape index (κ3) is 4.63. The first-order valence-electron chi connectivity index (χ1n) is 13.2. The molecule has 3 N–H and O–H groups in total. The summed E-state index contributed by atoms with van der Waals surface area (Å²) in [6.45, 7) is 2.80. The van der Waals surface area contributed by atoms with Crippen molar-refractivity contribution in [1.82, 2.24) is 26.2 Å². The summed E-state index contributed by atoms with van der Waals surface area (Å²) in [5.74, 6) is 1.58. The van der Waals surface area contributed by atoms with E-state index in [1.54, 1.807) is 17.0 Å². The topological polar surface area (TPSA) is 119 Å². The van der Waals surface area contributed by atoms with Crippen molar-refractivity contribution in [3.05, 3.63) is 29.3 Å². The number of hydrogen-bond acceptors (Lipinski definition) is 8. The van der Waals surface area contributed by atoms with Gasteiger partial charge in [0.2, 0.25) is 5.91 Å². The summed E-state index contributed by atoms with van der Waals surface area (Å²) in [5, 5.41) is 9.23. The monoisotopic (exact) mass is 494 g/mol. The molecule has 36 heavy (non-hydrogen) atoms. The molecule has 1 aromatic rings.